The predicted molar refractivity (Wildman–Crippen MR) is 83.2 cm³/mol. The van der Waals surface area contributed by atoms with E-state index in [4.69, 9.17) is 5.73 Å². The Morgan fingerprint density at radius 1 is 1.11 bits per heavy atom. The van der Waals surface area contributed by atoms with Crippen molar-refractivity contribution in [3.05, 3.63) is 0 Å². The lowest BCUT2D eigenvalue weighted by molar-refractivity contribution is 0.0130. The zero-order valence-electron chi connectivity index (χ0n) is 13.3. The molecule has 0 aromatic carbocycles. The zero-order chi connectivity index (χ0) is 13.9. The minimum Gasteiger partial charge on any atom is -0.329 e. The quantitative estimate of drug-likeness (QED) is 0.759. The van der Waals surface area contributed by atoms with Gasteiger partial charge in [-0.3, -0.25) is 4.90 Å². The Morgan fingerprint density at radius 3 is 2.16 bits per heavy atom. The second kappa shape index (κ2) is 6.58. The summed E-state index contributed by atoms with van der Waals surface area (Å²) in [6.45, 7) is 9.19. The van der Waals surface area contributed by atoms with E-state index in [1.165, 1.54) is 57.9 Å². The molecule has 2 heteroatoms. The van der Waals surface area contributed by atoms with Gasteiger partial charge in [-0.05, 0) is 64.2 Å². The molecule has 0 bridgehead atoms. The summed E-state index contributed by atoms with van der Waals surface area (Å²) in [5, 5.41) is 0. The smallest absolute Gasteiger partial charge is 0.0334 e. The molecule has 0 amide bonds. The highest BCUT2D eigenvalue weighted by Crippen LogP contribution is 2.41. The standard InChI is InChI=1S/C17H34N2/c1-4-5-15-8-10-17(13-18,11-9-15)19(14(2)3)12-16-6-7-16/h14-16H,4-13,18H2,1-3H3. The third kappa shape index (κ3) is 3.72. The summed E-state index contributed by atoms with van der Waals surface area (Å²) in [4.78, 5) is 2.77. The maximum atomic E-state index is 6.25. The van der Waals surface area contributed by atoms with Crippen molar-refractivity contribution >= 4 is 0 Å². The summed E-state index contributed by atoms with van der Waals surface area (Å²) >= 11 is 0. The molecule has 0 saturated heterocycles. The van der Waals surface area contributed by atoms with Crippen LogP contribution in [0.5, 0.6) is 0 Å². The first-order valence-electron chi connectivity index (χ1n) is 8.58. The molecule has 19 heavy (non-hydrogen) atoms. The van der Waals surface area contributed by atoms with Crippen molar-refractivity contribution in [2.75, 3.05) is 13.1 Å². The van der Waals surface area contributed by atoms with Crippen molar-refractivity contribution in [1.82, 2.24) is 4.90 Å². The molecule has 0 aromatic rings. The van der Waals surface area contributed by atoms with Crippen LogP contribution in [0.1, 0.15) is 72.1 Å². The van der Waals surface area contributed by atoms with Crippen LogP contribution >= 0.6 is 0 Å². The van der Waals surface area contributed by atoms with Crippen LogP contribution in [0.2, 0.25) is 0 Å². The highest BCUT2D eigenvalue weighted by molar-refractivity contribution is 4.98. The first-order chi connectivity index (χ1) is 9.11. The Hall–Kier alpha value is -0.0800. The molecule has 2 nitrogen and oxygen atoms in total. The summed E-state index contributed by atoms with van der Waals surface area (Å²) in [5.74, 6) is 1.94. The number of hydrogen-bond donors (Lipinski definition) is 1. The number of rotatable bonds is 7. The van der Waals surface area contributed by atoms with Crippen molar-refractivity contribution < 1.29 is 0 Å². The zero-order valence-corrected chi connectivity index (χ0v) is 13.3. The van der Waals surface area contributed by atoms with Gasteiger partial charge in [-0.2, -0.15) is 0 Å². The Kier molecular flexibility index (Phi) is 5.30. The van der Waals surface area contributed by atoms with Gasteiger partial charge in [-0.25, -0.2) is 0 Å². The van der Waals surface area contributed by atoms with E-state index in [1.807, 2.05) is 0 Å². The van der Waals surface area contributed by atoms with Gasteiger partial charge in [-0.1, -0.05) is 19.8 Å². The lowest BCUT2D eigenvalue weighted by atomic mass is 9.73. The Bertz CT molecular complexity index is 262. The molecule has 2 saturated carbocycles. The molecule has 2 N–H and O–H groups in total. The Morgan fingerprint density at radius 2 is 1.74 bits per heavy atom. The third-order valence-electron chi connectivity index (χ3n) is 5.50. The lowest BCUT2D eigenvalue weighted by Crippen LogP contribution is -2.58. The van der Waals surface area contributed by atoms with E-state index >= 15 is 0 Å². The van der Waals surface area contributed by atoms with Crippen LogP contribution in [0.3, 0.4) is 0 Å². The van der Waals surface area contributed by atoms with Crippen LogP contribution in [-0.4, -0.2) is 29.6 Å². The Labute approximate surface area is 120 Å². The average molecular weight is 266 g/mol. The molecule has 0 spiro atoms. The van der Waals surface area contributed by atoms with Crippen LogP contribution in [0.15, 0.2) is 0 Å². The summed E-state index contributed by atoms with van der Waals surface area (Å²) in [6, 6.07) is 0.645. The van der Waals surface area contributed by atoms with Gasteiger partial charge in [0.2, 0.25) is 0 Å². The third-order valence-corrected chi connectivity index (χ3v) is 5.50. The van der Waals surface area contributed by atoms with Gasteiger partial charge in [-0.15, -0.1) is 0 Å². The van der Waals surface area contributed by atoms with Crippen molar-refractivity contribution in [3.8, 4) is 0 Å². The van der Waals surface area contributed by atoms with Gasteiger partial charge >= 0.3 is 0 Å². The molecule has 112 valence electrons. The largest absolute Gasteiger partial charge is 0.329 e. The van der Waals surface area contributed by atoms with Crippen molar-refractivity contribution in [3.63, 3.8) is 0 Å². The SMILES string of the molecule is CCCC1CCC(CN)(N(CC2CC2)C(C)C)CC1. The van der Waals surface area contributed by atoms with Gasteiger partial charge in [0.25, 0.3) is 0 Å². The Balaban J connectivity index is 1.99. The van der Waals surface area contributed by atoms with E-state index in [9.17, 15) is 0 Å². The second-order valence-corrected chi connectivity index (χ2v) is 7.35. The first-order valence-corrected chi connectivity index (χ1v) is 8.58. The van der Waals surface area contributed by atoms with E-state index in [2.05, 4.69) is 25.7 Å². The molecule has 0 atom stereocenters. The fraction of sp³-hybridized carbons (Fsp3) is 1.00. The minimum atomic E-state index is 0.320. The fourth-order valence-electron chi connectivity index (χ4n) is 4.05. The van der Waals surface area contributed by atoms with Gasteiger partial charge < -0.3 is 5.73 Å². The molecule has 0 radical (unpaired) electrons. The van der Waals surface area contributed by atoms with Gasteiger partial charge in [0, 0.05) is 24.7 Å². The summed E-state index contributed by atoms with van der Waals surface area (Å²) in [7, 11) is 0. The van der Waals surface area contributed by atoms with Crippen molar-refractivity contribution in [1.29, 1.82) is 0 Å². The fourth-order valence-corrected chi connectivity index (χ4v) is 4.05. The highest BCUT2D eigenvalue weighted by atomic mass is 15.2. The molecule has 2 fully saturated rings. The van der Waals surface area contributed by atoms with Crippen LogP contribution in [0.4, 0.5) is 0 Å². The molecular formula is C17H34N2. The van der Waals surface area contributed by atoms with Crippen molar-refractivity contribution in [2.45, 2.75) is 83.7 Å². The monoisotopic (exact) mass is 266 g/mol. The van der Waals surface area contributed by atoms with Crippen LogP contribution in [0.25, 0.3) is 0 Å². The number of nitrogens with zero attached hydrogens (tertiary/aromatic N) is 1. The van der Waals surface area contributed by atoms with E-state index in [0.717, 1.165) is 18.4 Å². The maximum absolute atomic E-state index is 6.25. The second-order valence-electron chi connectivity index (χ2n) is 7.35. The molecule has 2 rings (SSSR count). The molecule has 0 aliphatic heterocycles. The number of hydrogen-bond acceptors (Lipinski definition) is 2. The minimum absolute atomic E-state index is 0.320. The molecule has 0 heterocycles. The molecule has 0 unspecified atom stereocenters. The topological polar surface area (TPSA) is 29.3 Å². The summed E-state index contributed by atoms with van der Waals surface area (Å²) in [6.07, 6.45) is 11.1. The molecule has 2 aliphatic carbocycles. The van der Waals surface area contributed by atoms with Crippen molar-refractivity contribution in [2.24, 2.45) is 17.6 Å². The maximum Gasteiger partial charge on any atom is 0.0334 e. The van der Waals surface area contributed by atoms with Gasteiger partial charge in [0.15, 0.2) is 0 Å². The molecule has 2 aliphatic rings. The normalized spacial score (nSPS) is 32.2. The van der Waals surface area contributed by atoms with E-state index in [1.54, 1.807) is 0 Å². The summed E-state index contributed by atoms with van der Waals surface area (Å²) < 4.78 is 0. The summed E-state index contributed by atoms with van der Waals surface area (Å²) in [5.41, 5.74) is 6.57. The average Bonchev–Trinajstić information content (AvgIpc) is 3.21. The van der Waals surface area contributed by atoms with Crippen LogP contribution in [0, 0.1) is 11.8 Å². The first kappa shape index (κ1) is 15.3. The van der Waals surface area contributed by atoms with E-state index in [0.29, 0.717) is 11.6 Å². The molecule has 0 aromatic heterocycles. The van der Waals surface area contributed by atoms with Gasteiger partial charge in [0.1, 0.15) is 0 Å². The lowest BCUT2D eigenvalue weighted by Gasteiger charge is -2.50. The highest BCUT2D eigenvalue weighted by Gasteiger charge is 2.42. The van der Waals surface area contributed by atoms with Gasteiger partial charge in [0.05, 0.1) is 0 Å². The van der Waals surface area contributed by atoms with Crippen LogP contribution < -0.4 is 5.73 Å². The van der Waals surface area contributed by atoms with Crippen LogP contribution in [-0.2, 0) is 0 Å². The molecular weight excluding hydrogens is 232 g/mol. The predicted octanol–water partition coefficient (Wildman–Crippen LogP) is 3.79. The number of nitrogens with two attached hydrogens (primary N) is 1. The van der Waals surface area contributed by atoms with E-state index in [-0.39, 0.29) is 0 Å². The van der Waals surface area contributed by atoms with E-state index < -0.39 is 0 Å².